The Morgan fingerprint density at radius 1 is 1.15 bits per heavy atom. The maximum atomic E-state index is 12.4. The number of aromatic nitrogens is 1. The third-order valence-electron chi connectivity index (χ3n) is 4.81. The van der Waals surface area contributed by atoms with Gasteiger partial charge in [0.2, 0.25) is 5.91 Å². The Kier molecular flexibility index (Phi) is 7.75. The van der Waals surface area contributed by atoms with Gasteiger partial charge in [0.15, 0.2) is 0 Å². The molecule has 0 fully saturated rings. The molecule has 3 aromatic rings. The van der Waals surface area contributed by atoms with Crippen molar-refractivity contribution < 1.29 is 14.7 Å². The van der Waals surface area contributed by atoms with E-state index in [-0.39, 0.29) is 45.4 Å². The van der Waals surface area contributed by atoms with E-state index in [0.717, 1.165) is 17.3 Å². The van der Waals surface area contributed by atoms with Crippen molar-refractivity contribution in [3.8, 4) is 23.3 Å². The molecule has 0 aliphatic rings. The molecule has 10 heteroatoms. The molecule has 0 radical (unpaired) electrons. The number of benzene rings is 2. The number of amides is 1. The highest BCUT2D eigenvalue weighted by Gasteiger charge is 2.21. The van der Waals surface area contributed by atoms with E-state index < -0.39 is 11.9 Å². The van der Waals surface area contributed by atoms with Gasteiger partial charge in [0.25, 0.3) is 0 Å². The number of carbonyl (C=O) groups is 2. The number of hydrogen-bond acceptors (Lipinski definition) is 7. The Morgan fingerprint density at radius 2 is 1.82 bits per heavy atom. The highest BCUT2D eigenvalue weighted by molar-refractivity contribution is 7.99. The van der Waals surface area contributed by atoms with Gasteiger partial charge in [-0.3, -0.25) is 4.79 Å². The van der Waals surface area contributed by atoms with Crippen molar-refractivity contribution in [1.29, 1.82) is 10.5 Å². The minimum absolute atomic E-state index is 0.00120. The number of nitrogen functional groups attached to an aromatic ring is 1. The summed E-state index contributed by atoms with van der Waals surface area (Å²) in [5.74, 6) is -1.28. The summed E-state index contributed by atoms with van der Waals surface area (Å²) in [6, 6.07) is 15.5. The normalized spacial score (nSPS) is 10.2. The van der Waals surface area contributed by atoms with Crippen LogP contribution in [0.2, 0.25) is 5.02 Å². The summed E-state index contributed by atoms with van der Waals surface area (Å²) < 4.78 is 0. The van der Waals surface area contributed by atoms with Crippen LogP contribution in [-0.4, -0.2) is 27.7 Å². The lowest BCUT2D eigenvalue weighted by atomic mass is 9.96. The molecule has 8 nitrogen and oxygen atoms in total. The number of nitrogens with two attached hydrogens (primary N) is 1. The van der Waals surface area contributed by atoms with Crippen LogP contribution in [0.3, 0.4) is 0 Å². The molecular formula is C24H18ClN5O3S. The summed E-state index contributed by atoms with van der Waals surface area (Å²) >= 11 is 7.20. The third-order valence-corrected chi connectivity index (χ3v) is 6.12. The fraction of sp³-hybridized carbons (Fsp3) is 0.125. The number of nitriles is 2. The van der Waals surface area contributed by atoms with Gasteiger partial charge in [-0.1, -0.05) is 41.4 Å². The molecule has 1 amide bonds. The van der Waals surface area contributed by atoms with E-state index in [0.29, 0.717) is 16.2 Å². The minimum Gasteiger partial charge on any atom is -0.478 e. The van der Waals surface area contributed by atoms with Crippen LogP contribution < -0.4 is 11.1 Å². The third kappa shape index (κ3) is 5.46. The highest BCUT2D eigenvalue weighted by Crippen LogP contribution is 2.36. The summed E-state index contributed by atoms with van der Waals surface area (Å²) in [7, 11) is 0. The second kappa shape index (κ2) is 10.7. The average molecular weight is 492 g/mol. The molecule has 0 spiro atoms. The van der Waals surface area contributed by atoms with Gasteiger partial charge in [-0.2, -0.15) is 10.5 Å². The average Bonchev–Trinajstić information content (AvgIpc) is 2.80. The number of thioether (sulfide) groups is 1. The molecule has 3 rings (SSSR count). The lowest BCUT2D eigenvalue weighted by Gasteiger charge is -2.13. The topological polar surface area (TPSA) is 153 Å². The number of carboxylic acids is 1. The number of anilines is 2. The molecule has 4 N–H and O–H groups in total. The number of nitrogens with one attached hydrogen (secondary N) is 1. The van der Waals surface area contributed by atoms with Gasteiger partial charge in [0, 0.05) is 17.7 Å². The van der Waals surface area contributed by atoms with Crippen LogP contribution in [-0.2, 0) is 4.79 Å². The number of carboxylic acid groups (broad SMARTS) is 1. The molecule has 1 heterocycles. The monoisotopic (exact) mass is 491 g/mol. The van der Waals surface area contributed by atoms with Crippen LogP contribution in [0, 0.1) is 29.6 Å². The zero-order chi connectivity index (χ0) is 24.8. The summed E-state index contributed by atoms with van der Waals surface area (Å²) in [4.78, 5) is 27.8. The lowest BCUT2D eigenvalue weighted by molar-refractivity contribution is -0.115. The maximum Gasteiger partial charge on any atom is 0.335 e. The predicted octanol–water partition coefficient (Wildman–Crippen LogP) is 4.86. The van der Waals surface area contributed by atoms with E-state index in [4.69, 9.17) is 22.4 Å². The lowest BCUT2D eigenvalue weighted by Crippen LogP contribution is -2.13. The van der Waals surface area contributed by atoms with Crippen molar-refractivity contribution in [3.05, 3.63) is 69.7 Å². The summed E-state index contributed by atoms with van der Waals surface area (Å²) in [5.41, 5.74) is 8.62. The number of pyridine rings is 1. The molecule has 0 saturated carbocycles. The van der Waals surface area contributed by atoms with Gasteiger partial charge in [-0.25, -0.2) is 9.78 Å². The van der Waals surface area contributed by atoms with Crippen molar-refractivity contribution in [2.24, 2.45) is 0 Å². The molecule has 0 unspecified atom stereocenters. The maximum absolute atomic E-state index is 12.4. The number of nitrogens with zero attached hydrogens (tertiary/aromatic N) is 3. The standard InChI is InChI=1S/C24H18ClN5O3S/c1-13-2-4-14(5-3-13)21-16(11-26)22(28)30-23(17(21)12-27)34-9-8-20(31)29-19-10-15(24(32)33)6-7-18(19)25/h2-7,10H,8-9H2,1H3,(H2,28,30)(H,29,31)(H,32,33). The molecule has 0 saturated heterocycles. The van der Waals surface area contributed by atoms with E-state index in [2.05, 4.69) is 16.4 Å². The molecule has 0 aliphatic heterocycles. The SMILES string of the molecule is Cc1ccc(-c2c(C#N)c(N)nc(SCCC(=O)Nc3cc(C(=O)O)ccc3Cl)c2C#N)cc1. The molecular weight excluding hydrogens is 474 g/mol. The summed E-state index contributed by atoms with van der Waals surface area (Å²) in [6.45, 7) is 1.93. The first kappa shape index (κ1) is 24.6. The predicted molar refractivity (Wildman–Crippen MR) is 131 cm³/mol. The van der Waals surface area contributed by atoms with Crippen LogP contribution >= 0.6 is 23.4 Å². The van der Waals surface area contributed by atoms with Gasteiger partial charge in [-0.05, 0) is 30.7 Å². The number of carbonyl (C=O) groups excluding carboxylic acids is 1. The van der Waals surface area contributed by atoms with Gasteiger partial charge in [-0.15, -0.1) is 11.8 Å². The second-order valence-corrected chi connectivity index (χ2v) is 8.65. The molecule has 170 valence electrons. The van der Waals surface area contributed by atoms with Gasteiger partial charge in [0.1, 0.15) is 28.5 Å². The number of rotatable bonds is 7. The smallest absolute Gasteiger partial charge is 0.335 e. The van der Waals surface area contributed by atoms with Crippen molar-refractivity contribution in [2.45, 2.75) is 18.4 Å². The first-order valence-electron chi connectivity index (χ1n) is 9.91. The van der Waals surface area contributed by atoms with Gasteiger partial charge >= 0.3 is 5.97 Å². The Balaban J connectivity index is 1.80. The quantitative estimate of drug-likeness (QED) is 0.396. The van der Waals surface area contributed by atoms with E-state index in [9.17, 15) is 20.1 Å². The largest absolute Gasteiger partial charge is 0.478 e. The Hall–Kier alpha value is -4.05. The first-order chi connectivity index (χ1) is 16.2. The number of aromatic carboxylic acids is 1. The molecule has 2 aromatic carbocycles. The van der Waals surface area contributed by atoms with Gasteiger partial charge in [0.05, 0.1) is 21.8 Å². The Morgan fingerprint density at radius 3 is 2.44 bits per heavy atom. The first-order valence-corrected chi connectivity index (χ1v) is 11.3. The zero-order valence-electron chi connectivity index (χ0n) is 17.9. The van der Waals surface area contributed by atoms with Crippen molar-refractivity contribution in [2.75, 3.05) is 16.8 Å². The molecule has 1 aromatic heterocycles. The van der Waals surface area contributed by atoms with Crippen molar-refractivity contribution in [3.63, 3.8) is 0 Å². The molecule has 34 heavy (non-hydrogen) atoms. The fourth-order valence-corrected chi connectivity index (χ4v) is 4.22. The molecule has 0 aliphatic carbocycles. The van der Waals surface area contributed by atoms with Crippen molar-refractivity contribution in [1.82, 2.24) is 4.98 Å². The number of halogens is 1. The van der Waals surface area contributed by atoms with E-state index in [1.165, 1.54) is 18.2 Å². The molecule has 0 bridgehead atoms. The van der Waals surface area contributed by atoms with E-state index in [1.54, 1.807) is 0 Å². The van der Waals surface area contributed by atoms with Crippen molar-refractivity contribution >= 4 is 46.7 Å². The minimum atomic E-state index is -1.14. The second-order valence-electron chi connectivity index (χ2n) is 7.16. The number of hydrogen-bond donors (Lipinski definition) is 3. The Labute approximate surface area is 205 Å². The number of aryl methyl sites for hydroxylation is 1. The Bertz CT molecular complexity index is 1360. The van der Waals surface area contributed by atoms with Crippen LogP contribution in [0.15, 0.2) is 47.5 Å². The summed E-state index contributed by atoms with van der Waals surface area (Å²) in [6.07, 6.45) is 0.0324. The summed E-state index contributed by atoms with van der Waals surface area (Å²) in [5, 5.41) is 31.7. The van der Waals surface area contributed by atoms with Crippen LogP contribution in [0.25, 0.3) is 11.1 Å². The molecule has 0 atom stereocenters. The van der Waals surface area contributed by atoms with Gasteiger partial charge < -0.3 is 16.2 Å². The van der Waals surface area contributed by atoms with Crippen LogP contribution in [0.1, 0.15) is 33.5 Å². The van der Waals surface area contributed by atoms with E-state index >= 15 is 0 Å². The fourth-order valence-electron chi connectivity index (χ4n) is 3.12. The zero-order valence-corrected chi connectivity index (χ0v) is 19.5. The highest BCUT2D eigenvalue weighted by atomic mass is 35.5. The van der Waals surface area contributed by atoms with Crippen LogP contribution in [0.4, 0.5) is 11.5 Å². The van der Waals surface area contributed by atoms with E-state index in [1.807, 2.05) is 37.3 Å². The van der Waals surface area contributed by atoms with Crippen LogP contribution in [0.5, 0.6) is 0 Å².